The van der Waals surface area contributed by atoms with Gasteiger partial charge in [-0.1, -0.05) is 29.8 Å². The van der Waals surface area contributed by atoms with Gasteiger partial charge in [0.05, 0.1) is 13.2 Å². The number of phenolic OH excluding ortho intramolecular Hbond substituents is 1. The highest BCUT2D eigenvalue weighted by atomic mass is 16.6. The number of carbonyl (C=O) groups is 2. The molecule has 0 saturated heterocycles. The van der Waals surface area contributed by atoms with Crippen molar-refractivity contribution in [2.45, 2.75) is 38.9 Å². The van der Waals surface area contributed by atoms with Crippen molar-refractivity contribution >= 4 is 17.7 Å². The summed E-state index contributed by atoms with van der Waals surface area (Å²) in [6, 6.07) is 12.0. The summed E-state index contributed by atoms with van der Waals surface area (Å²) in [5.41, 5.74) is 2.15. The Morgan fingerprint density at radius 3 is 2.47 bits per heavy atom. The highest BCUT2D eigenvalue weighted by molar-refractivity contribution is 5.84. The van der Waals surface area contributed by atoms with E-state index in [2.05, 4.69) is 5.32 Å². The fraction of sp³-hybridized carbons (Fsp3) is 0.333. The Balaban J connectivity index is 2.26. The number of amides is 1. The number of aryl methyl sites for hydroxylation is 1. The van der Waals surface area contributed by atoms with Crippen LogP contribution in [0.4, 0.5) is 10.5 Å². The quantitative estimate of drug-likeness (QED) is 0.426. The Hall–Kier alpha value is -3.52. The van der Waals surface area contributed by atoms with Crippen LogP contribution in [0.5, 0.6) is 11.5 Å². The first-order valence-corrected chi connectivity index (χ1v) is 10.3. The van der Waals surface area contributed by atoms with Crippen molar-refractivity contribution in [3.05, 3.63) is 65.7 Å². The van der Waals surface area contributed by atoms with Crippen molar-refractivity contribution < 1.29 is 34.0 Å². The van der Waals surface area contributed by atoms with Crippen LogP contribution in [-0.4, -0.2) is 42.1 Å². The number of carboxylic acid groups (broad SMARTS) is 1. The lowest BCUT2D eigenvalue weighted by Crippen LogP contribution is -2.29. The molecule has 0 spiro atoms. The van der Waals surface area contributed by atoms with E-state index in [1.807, 2.05) is 26.0 Å². The largest absolute Gasteiger partial charge is 0.504 e. The molecule has 0 radical (unpaired) electrons. The molecule has 2 atom stereocenters. The molecule has 8 nitrogen and oxygen atoms in total. The van der Waals surface area contributed by atoms with E-state index >= 15 is 0 Å². The van der Waals surface area contributed by atoms with E-state index in [0.717, 1.165) is 11.6 Å². The molecule has 0 heterocycles. The van der Waals surface area contributed by atoms with Crippen LogP contribution in [-0.2, 0) is 14.3 Å². The number of anilines is 1. The number of aliphatic carboxylic acids is 1. The molecule has 0 fully saturated rings. The van der Waals surface area contributed by atoms with E-state index in [1.165, 1.54) is 19.3 Å². The lowest BCUT2D eigenvalue weighted by Gasteiger charge is -2.27. The number of benzene rings is 2. The van der Waals surface area contributed by atoms with Crippen molar-refractivity contribution in [3.63, 3.8) is 0 Å². The number of methoxy groups -OCH3 is 1. The standard InChI is InChI=1S/C24H29NO7/c1-4-31-21(7-5-6-8-22(27)28)23(17-11-14-20(30-3)19(26)15-17)32-24(29)25-18-12-9-16(2)10-13-18/h6,8-15,21,23,26H,4-5,7H2,1-3H3,(H,25,29)(H,27,28)/b8-6+/t21-,23-/m0/s1. The zero-order valence-electron chi connectivity index (χ0n) is 18.4. The third kappa shape index (κ3) is 7.63. The average Bonchev–Trinajstić information content (AvgIpc) is 2.76. The molecule has 2 aromatic carbocycles. The summed E-state index contributed by atoms with van der Waals surface area (Å²) in [4.78, 5) is 23.4. The van der Waals surface area contributed by atoms with E-state index in [4.69, 9.17) is 19.3 Å². The first-order valence-electron chi connectivity index (χ1n) is 10.3. The molecule has 0 unspecified atom stereocenters. The predicted molar refractivity (Wildman–Crippen MR) is 120 cm³/mol. The van der Waals surface area contributed by atoms with Gasteiger partial charge in [-0.05, 0) is 56.5 Å². The molecular weight excluding hydrogens is 414 g/mol. The van der Waals surface area contributed by atoms with Crippen LogP contribution in [0.2, 0.25) is 0 Å². The number of carbonyl (C=O) groups excluding carboxylic acids is 1. The summed E-state index contributed by atoms with van der Waals surface area (Å²) in [6.45, 7) is 4.11. The summed E-state index contributed by atoms with van der Waals surface area (Å²) < 4.78 is 16.6. The van der Waals surface area contributed by atoms with E-state index in [0.29, 0.717) is 30.7 Å². The highest BCUT2D eigenvalue weighted by Crippen LogP contribution is 2.34. The molecule has 3 N–H and O–H groups in total. The Morgan fingerprint density at radius 2 is 1.88 bits per heavy atom. The van der Waals surface area contributed by atoms with Crippen LogP contribution in [0, 0.1) is 6.92 Å². The fourth-order valence-corrected chi connectivity index (χ4v) is 3.12. The second kappa shape index (κ2) is 12.4. The van der Waals surface area contributed by atoms with Crippen LogP contribution in [0.15, 0.2) is 54.6 Å². The Kier molecular flexibility index (Phi) is 9.56. The summed E-state index contributed by atoms with van der Waals surface area (Å²) in [6.07, 6.45) is 1.27. The van der Waals surface area contributed by atoms with E-state index in [-0.39, 0.29) is 11.5 Å². The molecule has 8 heteroatoms. The van der Waals surface area contributed by atoms with Crippen molar-refractivity contribution in [1.82, 2.24) is 0 Å². The zero-order chi connectivity index (χ0) is 23.5. The number of carboxylic acids is 1. The van der Waals surface area contributed by atoms with Gasteiger partial charge < -0.3 is 24.4 Å². The SMILES string of the molecule is CCO[C@@H](CC/C=C/C(=O)O)[C@@H](OC(=O)Nc1ccc(C)cc1)c1ccc(OC)c(O)c1. The summed E-state index contributed by atoms with van der Waals surface area (Å²) in [5.74, 6) is -0.851. The zero-order valence-corrected chi connectivity index (χ0v) is 18.4. The molecule has 2 rings (SSSR count). The monoisotopic (exact) mass is 443 g/mol. The van der Waals surface area contributed by atoms with Gasteiger partial charge in [-0.2, -0.15) is 0 Å². The number of allylic oxidation sites excluding steroid dienone is 1. The third-order valence-electron chi connectivity index (χ3n) is 4.66. The first kappa shape index (κ1) is 24.7. The van der Waals surface area contributed by atoms with Crippen LogP contribution in [0.1, 0.15) is 37.0 Å². The normalized spacial score (nSPS) is 12.8. The molecule has 2 aromatic rings. The average molecular weight is 443 g/mol. The lowest BCUT2D eigenvalue weighted by molar-refractivity contribution is -0.131. The van der Waals surface area contributed by atoms with E-state index in [9.17, 15) is 14.7 Å². The van der Waals surface area contributed by atoms with Gasteiger partial charge in [0.2, 0.25) is 0 Å². The van der Waals surface area contributed by atoms with Crippen molar-refractivity contribution in [2.24, 2.45) is 0 Å². The number of nitrogens with one attached hydrogen (secondary N) is 1. The van der Waals surface area contributed by atoms with Crippen molar-refractivity contribution in [1.29, 1.82) is 0 Å². The summed E-state index contributed by atoms with van der Waals surface area (Å²) in [5, 5.41) is 21.7. The lowest BCUT2D eigenvalue weighted by atomic mass is 9.99. The third-order valence-corrected chi connectivity index (χ3v) is 4.66. The molecule has 0 aliphatic heterocycles. The predicted octanol–water partition coefficient (Wildman–Crippen LogP) is 4.83. The Labute approximate surface area is 187 Å². The van der Waals surface area contributed by atoms with Crippen molar-refractivity contribution in [2.75, 3.05) is 19.0 Å². The van der Waals surface area contributed by atoms with Crippen LogP contribution in [0.3, 0.4) is 0 Å². The topological polar surface area (TPSA) is 114 Å². The maximum atomic E-state index is 12.6. The number of phenols is 1. The molecule has 0 saturated carbocycles. The van der Waals surface area contributed by atoms with E-state index in [1.54, 1.807) is 24.3 Å². The molecule has 0 aliphatic rings. The number of aromatic hydroxyl groups is 1. The molecule has 1 amide bonds. The van der Waals surface area contributed by atoms with Gasteiger partial charge in [-0.25, -0.2) is 9.59 Å². The Morgan fingerprint density at radius 1 is 1.16 bits per heavy atom. The number of ether oxygens (including phenoxy) is 3. The van der Waals surface area contributed by atoms with Gasteiger partial charge in [0.15, 0.2) is 17.6 Å². The van der Waals surface area contributed by atoms with Gasteiger partial charge in [0.25, 0.3) is 0 Å². The van der Waals surface area contributed by atoms with Gasteiger partial charge >= 0.3 is 12.1 Å². The van der Waals surface area contributed by atoms with Crippen molar-refractivity contribution in [3.8, 4) is 11.5 Å². The minimum Gasteiger partial charge on any atom is -0.504 e. The Bertz CT molecular complexity index is 924. The number of rotatable bonds is 11. The van der Waals surface area contributed by atoms with Gasteiger partial charge in [0, 0.05) is 18.4 Å². The summed E-state index contributed by atoms with van der Waals surface area (Å²) in [7, 11) is 1.44. The minimum absolute atomic E-state index is 0.0986. The van der Waals surface area contributed by atoms with Gasteiger partial charge in [0.1, 0.15) is 0 Å². The maximum Gasteiger partial charge on any atom is 0.412 e. The van der Waals surface area contributed by atoms with Gasteiger partial charge in [-0.15, -0.1) is 0 Å². The smallest absolute Gasteiger partial charge is 0.412 e. The molecule has 172 valence electrons. The second-order valence-corrected chi connectivity index (χ2v) is 7.06. The number of hydrogen-bond donors (Lipinski definition) is 3. The second-order valence-electron chi connectivity index (χ2n) is 7.06. The molecule has 32 heavy (non-hydrogen) atoms. The molecular formula is C24H29NO7. The molecule has 0 bridgehead atoms. The van der Waals surface area contributed by atoms with Crippen LogP contribution in [0.25, 0.3) is 0 Å². The van der Waals surface area contributed by atoms with E-state index < -0.39 is 24.3 Å². The fourth-order valence-electron chi connectivity index (χ4n) is 3.12. The molecule has 0 aromatic heterocycles. The van der Waals surface area contributed by atoms with Gasteiger partial charge in [-0.3, -0.25) is 5.32 Å². The summed E-state index contributed by atoms with van der Waals surface area (Å²) >= 11 is 0. The highest BCUT2D eigenvalue weighted by Gasteiger charge is 2.28. The first-order chi connectivity index (χ1) is 15.3. The molecule has 0 aliphatic carbocycles. The minimum atomic E-state index is -1.04. The maximum absolute atomic E-state index is 12.6. The van der Waals surface area contributed by atoms with Crippen LogP contribution >= 0.6 is 0 Å². The number of hydrogen-bond acceptors (Lipinski definition) is 6. The van der Waals surface area contributed by atoms with Crippen LogP contribution < -0.4 is 10.1 Å².